The molecule has 23 heavy (non-hydrogen) atoms. The van der Waals surface area contributed by atoms with E-state index >= 15 is 0 Å². The van der Waals surface area contributed by atoms with Gasteiger partial charge in [0, 0.05) is 18.9 Å². The lowest BCUT2D eigenvalue weighted by atomic mass is 9.56. The van der Waals surface area contributed by atoms with Crippen LogP contribution in [-0.4, -0.2) is 62.1 Å². The molecule has 0 N–H and O–H groups in total. The second-order valence-electron chi connectivity index (χ2n) is 6.21. The minimum atomic E-state index is -0.621. The van der Waals surface area contributed by atoms with Gasteiger partial charge >= 0.3 is 11.9 Å². The van der Waals surface area contributed by atoms with Crippen LogP contribution in [0.3, 0.4) is 0 Å². The quantitative estimate of drug-likeness (QED) is 0.469. The van der Waals surface area contributed by atoms with Crippen molar-refractivity contribution >= 4 is 23.8 Å². The number of fused-ring (bicyclic) bond motifs is 8. The molecule has 0 aromatic carbocycles. The first-order chi connectivity index (χ1) is 10.9. The highest BCUT2D eigenvalue weighted by molar-refractivity contribution is 6.09. The van der Waals surface area contributed by atoms with Crippen molar-refractivity contribution < 1.29 is 33.4 Å². The Morgan fingerprint density at radius 2 is 1.26 bits per heavy atom. The zero-order valence-corrected chi connectivity index (χ0v) is 12.8. The summed E-state index contributed by atoms with van der Waals surface area (Å²) < 4.78 is 15.3. The standard InChI is InChI=1S/C15H15NO7/c1-16-12(17)8-9(13(16)18)11-5-4(10(8)23-11)6(14(19)21-2)7(5)15(20)22-3/h4-5,8-11H,1-3H3/t4?,5?,8-,9+,10+,11-. The molecule has 0 aromatic rings. The van der Waals surface area contributed by atoms with Gasteiger partial charge in [0.15, 0.2) is 0 Å². The van der Waals surface area contributed by atoms with Gasteiger partial charge in [0.05, 0.1) is 49.4 Å². The number of hydrogen-bond donors (Lipinski definition) is 0. The molecule has 0 aromatic heterocycles. The van der Waals surface area contributed by atoms with Crippen molar-refractivity contribution in [3.8, 4) is 0 Å². The molecule has 4 rings (SSSR count). The van der Waals surface area contributed by atoms with E-state index in [0.29, 0.717) is 0 Å². The smallest absolute Gasteiger partial charge is 0.334 e. The molecule has 3 heterocycles. The summed E-state index contributed by atoms with van der Waals surface area (Å²) >= 11 is 0. The molecule has 0 saturated carbocycles. The fourth-order valence-electron chi connectivity index (χ4n) is 4.59. The van der Waals surface area contributed by atoms with Gasteiger partial charge in [-0.25, -0.2) is 9.59 Å². The Balaban J connectivity index is 1.78. The molecule has 0 spiro atoms. The van der Waals surface area contributed by atoms with Gasteiger partial charge in [-0.1, -0.05) is 0 Å². The molecular weight excluding hydrogens is 306 g/mol. The van der Waals surface area contributed by atoms with Gasteiger partial charge in [-0.3, -0.25) is 14.5 Å². The Labute approximate surface area is 131 Å². The summed E-state index contributed by atoms with van der Waals surface area (Å²) in [6.45, 7) is 0. The average Bonchev–Trinajstić information content (AvgIpc) is 3.10. The number of imide groups is 1. The SMILES string of the molecule is COC(=O)C1=C(C(=O)OC)C2C1[C@H]1O[C@@H]2[C@@H]2C(=O)N(C)C(=O)[C@@H]21. The molecule has 8 nitrogen and oxygen atoms in total. The predicted molar refractivity (Wildman–Crippen MR) is 71.5 cm³/mol. The van der Waals surface area contributed by atoms with E-state index in [0.717, 1.165) is 4.90 Å². The van der Waals surface area contributed by atoms with Gasteiger partial charge in [0.2, 0.25) is 11.8 Å². The Morgan fingerprint density at radius 1 is 0.870 bits per heavy atom. The van der Waals surface area contributed by atoms with Crippen molar-refractivity contribution in [1.29, 1.82) is 0 Å². The maximum atomic E-state index is 12.3. The van der Waals surface area contributed by atoms with Gasteiger partial charge in [0.25, 0.3) is 0 Å². The molecule has 122 valence electrons. The van der Waals surface area contributed by atoms with Crippen molar-refractivity contribution in [2.75, 3.05) is 21.3 Å². The second-order valence-corrected chi connectivity index (χ2v) is 6.21. The number of esters is 2. The van der Waals surface area contributed by atoms with E-state index in [9.17, 15) is 19.2 Å². The number of likely N-dealkylation sites (tertiary alicyclic amines) is 1. The fourth-order valence-corrected chi connectivity index (χ4v) is 4.59. The van der Waals surface area contributed by atoms with Crippen LogP contribution in [0.25, 0.3) is 0 Å². The Hall–Kier alpha value is -2.22. The van der Waals surface area contributed by atoms with E-state index in [1.165, 1.54) is 21.3 Å². The van der Waals surface area contributed by atoms with Crippen molar-refractivity contribution in [2.24, 2.45) is 23.7 Å². The van der Waals surface area contributed by atoms with Crippen molar-refractivity contribution in [1.82, 2.24) is 4.90 Å². The Morgan fingerprint density at radius 3 is 1.61 bits per heavy atom. The highest BCUT2D eigenvalue weighted by Crippen LogP contribution is 2.63. The minimum absolute atomic E-state index is 0.213. The van der Waals surface area contributed by atoms with Crippen LogP contribution in [0.2, 0.25) is 0 Å². The molecule has 6 atom stereocenters. The minimum Gasteiger partial charge on any atom is -0.466 e. The summed E-state index contributed by atoms with van der Waals surface area (Å²) in [5, 5.41) is 0. The van der Waals surface area contributed by atoms with Crippen LogP contribution in [0, 0.1) is 23.7 Å². The summed E-state index contributed by atoms with van der Waals surface area (Å²) in [4.78, 5) is 49.8. The maximum absolute atomic E-state index is 12.3. The molecule has 8 heteroatoms. The second kappa shape index (κ2) is 4.41. The number of hydrogen-bond acceptors (Lipinski definition) is 7. The molecule has 3 aliphatic heterocycles. The molecule has 2 unspecified atom stereocenters. The lowest BCUT2D eigenvalue weighted by molar-refractivity contribution is -0.143. The summed E-state index contributed by atoms with van der Waals surface area (Å²) in [5.74, 6) is -3.79. The van der Waals surface area contributed by atoms with Gasteiger partial charge in [-0.2, -0.15) is 0 Å². The number of methoxy groups -OCH3 is 2. The topological polar surface area (TPSA) is 99.2 Å². The van der Waals surface area contributed by atoms with Crippen LogP contribution in [0.15, 0.2) is 11.1 Å². The molecule has 1 aliphatic carbocycles. The number of rotatable bonds is 2. The number of nitrogens with zero attached hydrogens (tertiary/aromatic N) is 1. The van der Waals surface area contributed by atoms with E-state index in [-0.39, 0.29) is 23.0 Å². The zero-order chi connectivity index (χ0) is 16.6. The Bertz CT molecular complexity index is 640. The first-order valence-corrected chi connectivity index (χ1v) is 7.31. The van der Waals surface area contributed by atoms with Crippen molar-refractivity contribution in [3.05, 3.63) is 11.1 Å². The van der Waals surface area contributed by atoms with Crippen molar-refractivity contribution in [2.45, 2.75) is 12.2 Å². The summed E-state index contributed by atoms with van der Waals surface area (Å²) in [6.07, 6.45) is -1.14. The van der Waals surface area contributed by atoms with E-state index in [4.69, 9.17) is 14.2 Å². The number of carbonyl (C=O) groups is 4. The molecule has 0 radical (unpaired) electrons. The summed E-state index contributed by atoms with van der Waals surface area (Å²) in [6, 6.07) is 0. The zero-order valence-electron chi connectivity index (χ0n) is 12.8. The van der Waals surface area contributed by atoms with E-state index in [2.05, 4.69) is 0 Å². The maximum Gasteiger partial charge on any atom is 0.334 e. The molecule has 3 saturated heterocycles. The van der Waals surface area contributed by atoms with Crippen LogP contribution in [0.4, 0.5) is 0 Å². The molecule has 2 amide bonds. The first kappa shape index (κ1) is 14.4. The Kier molecular flexibility index (Phi) is 2.76. The first-order valence-electron chi connectivity index (χ1n) is 7.31. The van der Waals surface area contributed by atoms with Gasteiger partial charge in [-0.05, 0) is 0 Å². The van der Waals surface area contributed by atoms with E-state index in [1.807, 2.05) is 0 Å². The van der Waals surface area contributed by atoms with Crippen LogP contribution in [-0.2, 0) is 33.4 Å². The van der Waals surface area contributed by atoms with Crippen LogP contribution < -0.4 is 0 Å². The summed E-state index contributed by atoms with van der Waals surface area (Å²) in [7, 11) is 3.90. The number of carbonyl (C=O) groups excluding carboxylic acids is 4. The van der Waals surface area contributed by atoms with Gasteiger partial charge in [-0.15, -0.1) is 0 Å². The monoisotopic (exact) mass is 321 g/mol. The molecular formula is C15H15NO7. The average molecular weight is 321 g/mol. The van der Waals surface area contributed by atoms with E-state index in [1.54, 1.807) is 0 Å². The van der Waals surface area contributed by atoms with Gasteiger partial charge in [0.1, 0.15) is 0 Å². The summed E-state index contributed by atoms with van der Waals surface area (Å²) in [5.41, 5.74) is 0.426. The molecule has 2 bridgehead atoms. The fraction of sp³-hybridized carbons (Fsp3) is 0.600. The lowest BCUT2D eigenvalue weighted by Crippen LogP contribution is -2.51. The van der Waals surface area contributed by atoms with Crippen molar-refractivity contribution in [3.63, 3.8) is 0 Å². The number of amides is 2. The lowest BCUT2D eigenvalue weighted by Gasteiger charge is -2.42. The predicted octanol–water partition coefficient (Wildman–Crippen LogP) is -1.11. The number of ether oxygens (including phenoxy) is 3. The highest BCUT2D eigenvalue weighted by Gasteiger charge is 2.74. The van der Waals surface area contributed by atoms with Crippen LogP contribution in [0.5, 0.6) is 0 Å². The third-order valence-corrected chi connectivity index (χ3v) is 5.50. The molecule has 3 fully saturated rings. The van der Waals surface area contributed by atoms with Crippen LogP contribution >= 0.6 is 0 Å². The van der Waals surface area contributed by atoms with E-state index < -0.39 is 47.8 Å². The molecule has 4 aliphatic rings. The largest absolute Gasteiger partial charge is 0.466 e. The third-order valence-electron chi connectivity index (χ3n) is 5.50. The third kappa shape index (κ3) is 1.45. The van der Waals surface area contributed by atoms with Gasteiger partial charge < -0.3 is 14.2 Å². The van der Waals surface area contributed by atoms with Crippen LogP contribution in [0.1, 0.15) is 0 Å². The normalized spacial score (nSPS) is 40.0. The highest BCUT2D eigenvalue weighted by atomic mass is 16.5.